The second-order valence-corrected chi connectivity index (χ2v) is 7.25. The summed E-state index contributed by atoms with van der Waals surface area (Å²) >= 11 is 0. The minimum Gasteiger partial charge on any atom is -0.336 e. The standard InChI is InChI=1S/C13H17F2N3O3S/c1-16(2)22(20,21)18-7-5-17(6-8-18)13(19)11-4-3-10(14)9-12(11)15/h3-4,9H,5-8H2,1-2H3. The van der Waals surface area contributed by atoms with Crippen molar-refractivity contribution < 1.29 is 22.0 Å². The lowest BCUT2D eigenvalue weighted by atomic mass is 10.1. The van der Waals surface area contributed by atoms with Crippen molar-refractivity contribution in [3.05, 3.63) is 35.4 Å². The van der Waals surface area contributed by atoms with Crippen molar-refractivity contribution in [2.24, 2.45) is 0 Å². The first-order valence-electron chi connectivity index (χ1n) is 6.65. The molecule has 0 saturated carbocycles. The maximum absolute atomic E-state index is 13.6. The molecule has 0 radical (unpaired) electrons. The van der Waals surface area contributed by atoms with Gasteiger partial charge in [-0.2, -0.15) is 17.0 Å². The van der Waals surface area contributed by atoms with E-state index >= 15 is 0 Å². The first kappa shape index (κ1) is 16.8. The molecule has 0 unspecified atom stereocenters. The molecule has 1 aromatic rings. The fourth-order valence-electron chi connectivity index (χ4n) is 2.19. The van der Waals surface area contributed by atoms with Crippen LogP contribution in [0.2, 0.25) is 0 Å². The Labute approximate surface area is 128 Å². The lowest BCUT2D eigenvalue weighted by Gasteiger charge is -2.35. The first-order chi connectivity index (χ1) is 10.2. The van der Waals surface area contributed by atoms with E-state index in [1.165, 1.54) is 23.3 Å². The van der Waals surface area contributed by atoms with Crippen molar-refractivity contribution in [1.29, 1.82) is 0 Å². The number of halogens is 2. The van der Waals surface area contributed by atoms with E-state index in [2.05, 4.69) is 0 Å². The molecular formula is C13H17F2N3O3S. The van der Waals surface area contributed by atoms with Gasteiger partial charge in [-0.1, -0.05) is 0 Å². The molecule has 9 heteroatoms. The average Bonchev–Trinajstić information content (AvgIpc) is 2.46. The van der Waals surface area contributed by atoms with Gasteiger partial charge in [-0.05, 0) is 12.1 Å². The van der Waals surface area contributed by atoms with Crippen molar-refractivity contribution in [2.45, 2.75) is 0 Å². The zero-order valence-corrected chi connectivity index (χ0v) is 13.1. The monoisotopic (exact) mass is 333 g/mol. The number of piperazine rings is 1. The van der Waals surface area contributed by atoms with Crippen LogP contribution in [0.5, 0.6) is 0 Å². The second kappa shape index (κ2) is 6.27. The predicted octanol–water partition coefficient (Wildman–Crippen LogP) is 0.529. The number of rotatable bonds is 3. The van der Waals surface area contributed by atoms with Crippen LogP contribution in [-0.4, -0.2) is 68.1 Å². The Hall–Kier alpha value is -1.58. The van der Waals surface area contributed by atoms with Crippen molar-refractivity contribution in [3.8, 4) is 0 Å². The molecule has 0 aromatic heterocycles. The molecule has 1 fully saturated rings. The molecule has 122 valence electrons. The molecule has 0 spiro atoms. The summed E-state index contributed by atoms with van der Waals surface area (Å²) in [5.74, 6) is -2.25. The van der Waals surface area contributed by atoms with Gasteiger partial charge in [-0.3, -0.25) is 4.79 Å². The molecule has 0 aliphatic carbocycles. The Bertz CT molecular complexity index is 671. The summed E-state index contributed by atoms with van der Waals surface area (Å²) in [6, 6.07) is 2.76. The first-order valence-corrected chi connectivity index (χ1v) is 8.05. The summed E-state index contributed by atoms with van der Waals surface area (Å²) in [7, 11) is -0.660. The van der Waals surface area contributed by atoms with Gasteiger partial charge in [0.15, 0.2) is 0 Å². The predicted molar refractivity (Wildman–Crippen MR) is 76.4 cm³/mol. The molecule has 1 saturated heterocycles. The molecule has 0 atom stereocenters. The van der Waals surface area contributed by atoms with E-state index in [4.69, 9.17) is 0 Å². The van der Waals surface area contributed by atoms with Gasteiger partial charge in [0.25, 0.3) is 16.1 Å². The molecule has 0 bridgehead atoms. The zero-order chi connectivity index (χ0) is 16.5. The van der Waals surface area contributed by atoms with Gasteiger partial charge in [0.2, 0.25) is 0 Å². The van der Waals surface area contributed by atoms with Crippen LogP contribution in [0.3, 0.4) is 0 Å². The molecule has 6 nitrogen and oxygen atoms in total. The van der Waals surface area contributed by atoms with Gasteiger partial charge in [-0.25, -0.2) is 8.78 Å². The van der Waals surface area contributed by atoms with Crippen LogP contribution in [0, 0.1) is 11.6 Å². The van der Waals surface area contributed by atoms with Crippen LogP contribution in [-0.2, 0) is 10.2 Å². The van der Waals surface area contributed by atoms with E-state index in [1.807, 2.05) is 0 Å². The lowest BCUT2D eigenvalue weighted by Crippen LogP contribution is -2.53. The molecule has 0 N–H and O–H groups in total. The highest BCUT2D eigenvalue weighted by atomic mass is 32.2. The van der Waals surface area contributed by atoms with Gasteiger partial charge in [0, 0.05) is 46.3 Å². The third kappa shape index (κ3) is 3.26. The minimum absolute atomic E-state index is 0.134. The number of hydrogen-bond acceptors (Lipinski definition) is 3. The topological polar surface area (TPSA) is 60.9 Å². The molecule has 1 amide bonds. The van der Waals surface area contributed by atoms with Crippen molar-refractivity contribution in [2.75, 3.05) is 40.3 Å². The third-order valence-electron chi connectivity index (χ3n) is 3.48. The molecule has 1 heterocycles. The van der Waals surface area contributed by atoms with Gasteiger partial charge in [-0.15, -0.1) is 0 Å². The van der Waals surface area contributed by atoms with Crippen molar-refractivity contribution in [1.82, 2.24) is 13.5 Å². The molecular weight excluding hydrogens is 316 g/mol. The fraction of sp³-hybridized carbons (Fsp3) is 0.462. The Morgan fingerprint density at radius 2 is 1.73 bits per heavy atom. The summed E-state index contributed by atoms with van der Waals surface area (Å²) in [5.41, 5.74) is -0.217. The lowest BCUT2D eigenvalue weighted by molar-refractivity contribution is 0.0690. The third-order valence-corrected chi connectivity index (χ3v) is 5.42. The fourth-order valence-corrected chi connectivity index (χ4v) is 3.27. The normalized spacial score (nSPS) is 17.0. The summed E-state index contributed by atoms with van der Waals surface area (Å²) in [6.07, 6.45) is 0. The maximum atomic E-state index is 13.6. The summed E-state index contributed by atoms with van der Waals surface area (Å²) < 4.78 is 52.8. The second-order valence-electron chi connectivity index (χ2n) is 5.11. The molecule has 2 rings (SSSR count). The van der Waals surface area contributed by atoms with E-state index < -0.39 is 27.8 Å². The number of hydrogen-bond donors (Lipinski definition) is 0. The van der Waals surface area contributed by atoms with E-state index in [-0.39, 0.29) is 31.7 Å². The van der Waals surface area contributed by atoms with E-state index in [0.717, 1.165) is 16.4 Å². The van der Waals surface area contributed by atoms with Gasteiger partial charge in [0.05, 0.1) is 5.56 Å². The van der Waals surface area contributed by atoms with Gasteiger partial charge in [0.1, 0.15) is 11.6 Å². The van der Waals surface area contributed by atoms with E-state index in [0.29, 0.717) is 6.07 Å². The zero-order valence-electron chi connectivity index (χ0n) is 12.3. The van der Waals surface area contributed by atoms with E-state index in [1.54, 1.807) is 0 Å². The SMILES string of the molecule is CN(C)S(=O)(=O)N1CCN(C(=O)c2ccc(F)cc2F)CC1. The highest BCUT2D eigenvalue weighted by Crippen LogP contribution is 2.15. The van der Waals surface area contributed by atoms with Crippen LogP contribution in [0.1, 0.15) is 10.4 Å². The Morgan fingerprint density at radius 1 is 1.14 bits per heavy atom. The molecule has 22 heavy (non-hydrogen) atoms. The van der Waals surface area contributed by atoms with Crippen molar-refractivity contribution in [3.63, 3.8) is 0 Å². The van der Waals surface area contributed by atoms with Gasteiger partial charge < -0.3 is 4.90 Å². The number of carbonyl (C=O) groups is 1. The summed E-state index contributed by atoms with van der Waals surface area (Å²) in [4.78, 5) is 13.6. The quantitative estimate of drug-likeness (QED) is 0.811. The smallest absolute Gasteiger partial charge is 0.281 e. The maximum Gasteiger partial charge on any atom is 0.281 e. The Morgan fingerprint density at radius 3 is 2.23 bits per heavy atom. The summed E-state index contributed by atoms with van der Waals surface area (Å²) in [5, 5.41) is 0. The van der Waals surface area contributed by atoms with Gasteiger partial charge >= 0.3 is 0 Å². The molecule has 1 aromatic carbocycles. The van der Waals surface area contributed by atoms with E-state index in [9.17, 15) is 22.0 Å². The minimum atomic E-state index is -3.52. The summed E-state index contributed by atoms with van der Waals surface area (Å²) in [6.45, 7) is 0.579. The van der Waals surface area contributed by atoms with Crippen molar-refractivity contribution >= 4 is 16.1 Å². The number of nitrogens with zero attached hydrogens (tertiary/aromatic N) is 3. The Kier molecular flexibility index (Phi) is 4.78. The molecule has 1 aliphatic rings. The number of benzene rings is 1. The average molecular weight is 333 g/mol. The highest BCUT2D eigenvalue weighted by molar-refractivity contribution is 7.86. The number of amides is 1. The Balaban J connectivity index is 2.07. The van der Waals surface area contributed by atoms with Crippen LogP contribution in [0.15, 0.2) is 18.2 Å². The molecule has 1 aliphatic heterocycles. The van der Waals surface area contributed by atoms with Crippen LogP contribution < -0.4 is 0 Å². The number of carbonyl (C=O) groups excluding carboxylic acids is 1. The van der Waals surface area contributed by atoms with Crippen LogP contribution in [0.25, 0.3) is 0 Å². The van der Waals surface area contributed by atoms with Crippen LogP contribution in [0.4, 0.5) is 8.78 Å². The largest absolute Gasteiger partial charge is 0.336 e. The van der Waals surface area contributed by atoms with Crippen LogP contribution >= 0.6 is 0 Å². The highest BCUT2D eigenvalue weighted by Gasteiger charge is 2.31.